The number of pyridine rings is 2. The summed E-state index contributed by atoms with van der Waals surface area (Å²) >= 11 is 0. The normalized spacial score (nSPS) is 10.8. The highest BCUT2D eigenvalue weighted by molar-refractivity contribution is 5.22. The summed E-state index contributed by atoms with van der Waals surface area (Å²) in [5, 5.41) is 3.34. The minimum absolute atomic E-state index is 0.450. The Labute approximate surface area is 120 Å². The van der Waals surface area contributed by atoms with Crippen molar-refractivity contribution in [3.63, 3.8) is 0 Å². The zero-order chi connectivity index (χ0) is 14.2. The maximum atomic E-state index is 5.75. The lowest BCUT2D eigenvalue weighted by Gasteiger charge is -2.09. The predicted octanol–water partition coefficient (Wildman–Crippen LogP) is 2.60. The van der Waals surface area contributed by atoms with Crippen LogP contribution in [-0.4, -0.2) is 22.6 Å². The van der Waals surface area contributed by atoms with E-state index in [0.29, 0.717) is 12.6 Å². The van der Waals surface area contributed by atoms with Gasteiger partial charge in [-0.1, -0.05) is 19.9 Å². The molecule has 0 spiro atoms. The maximum absolute atomic E-state index is 5.75. The van der Waals surface area contributed by atoms with E-state index in [9.17, 15) is 0 Å². The van der Waals surface area contributed by atoms with Gasteiger partial charge in [-0.25, -0.2) is 0 Å². The molecule has 0 bridgehead atoms. The summed E-state index contributed by atoms with van der Waals surface area (Å²) in [5.41, 5.74) is 2.04. The van der Waals surface area contributed by atoms with Gasteiger partial charge in [-0.2, -0.15) is 0 Å². The molecule has 2 rings (SSSR count). The summed E-state index contributed by atoms with van der Waals surface area (Å²) in [4.78, 5) is 8.60. The van der Waals surface area contributed by atoms with Crippen LogP contribution in [0, 0.1) is 0 Å². The van der Waals surface area contributed by atoms with Crippen LogP contribution in [0.25, 0.3) is 0 Å². The van der Waals surface area contributed by atoms with E-state index in [1.54, 1.807) is 12.4 Å². The van der Waals surface area contributed by atoms with Gasteiger partial charge in [0.05, 0.1) is 12.3 Å². The van der Waals surface area contributed by atoms with Gasteiger partial charge in [0, 0.05) is 43.2 Å². The molecule has 0 aliphatic rings. The molecule has 0 amide bonds. The summed E-state index contributed by atoms with van der Waals surface area (Å²) in [6.45, 7) is 5.62. The van der Waals surface area contributed by atoms with E-state index in [0.717, 1.165) is 30.1 Å². The van der Waals surface area contributed by atoms with Gasteiger partial charge in [0.2, 0.25) is 0 Å². The number of aromatic nitrogens is 2. The second-order valence-corrected chi connectivity index (χ2v) is 4.94. The third-order valence-electron chi connectivity index (χ3n) is 2.83. The number of nitrogens with one attached hydrogen (secondary N) is 1. The first kappa shape index (κ1) is 14.5. The molecule has 4 nitrogen and oxygen atoms in total. The van der Waals surface area contributed by atoms with Crippen LogP contribution < -0.4 is 10.1 Å². The van der Waals surface area contributed by atoms with Crippen molar-refractivity contribution < 1.29 is 4.74 Å². The predicted molar refractivity (Wildman–Crippen MR) is 79.6 cm³/mol. The van der Waals surface area contributed by atoms with E-state index in [4.69, 9.17) is 4.74 Å². The van der Waals surface area contributed by atoms with Crippen LogP contribution in [0.3, 0.4) is 0 Å². The van der Waals surface area contributed by atoms with E-state index < -0.39 is 0 Å². The number of hydrogen-bond acceptors (Lipinski definition) is 4. The molecule has 4 heteroatoms. The Bertz CT molecular complexity index is 514. The van der Waals surface area contributed by atoms with Crippen molar-refractivity contribution in [3.05, 3.63) is 54.1 Å². The molecule has 2 aromatic heterocycles. The van der Waals surface area contributed by atoms with Crippen molar-refractivity contribution in [2.75, 3.05) is 6.61 Å². The molecule has 1 N–H and O–H groups in total. The van der Waals surface area contributed by atoms with E-state index >= 15 is 0 Å². The average Bonchev–Trinajstić information content (AvgIpc) is 2.47. The summed E-state index contributed by atoms with van der Waals surface area (Å²) in [5.74, 6) is 0.858. The molecule has 106 valence electrons. The van der Waals surface area contributed by atoms with Gasteiger partial charge >= 0.3 is 0 Å². The van der Waals surface area contributed by atoms with Crippen molar-refractivity contribution in [1.29, 1.82) is 0 Å². The van der Waals surface area contributed by atoms with Crippen LogP contribution >= 0.6 is 0 Å². The molecular formula is C16H21N3O. The molecule has 0 aliphatic heterocycles. The smallest absolute Gasteiger partial charge is 0.122 e. The van der Waals surface area contributed by atoms with E-state index in [-0.39, 0.29) is 0 Å². The highest BCUT2D eigenvalue weighted by Crippen LogP contribution is 2.11. The molecule has 0 atom stereocenters. The Morgan fingerprint density at radius 1 is 1.10 bits per heavy atom. The lowest BCUT2D eigenvalue weighted by molar-refractivity contribution is 0.319. The fourth-order valence-corrected chi connectivity index (χ4v) is 1.77. The molecule has 2 aromatic rings. The quantitative estimate of drug-likeness (QED) is 0.841. The van der Waals surface area contributed by atoms with Crippen LogP contribution in [-0.2, 0) is 13.0 Å². The van der Waals surface area contributed by atoms with Crippen LogP contribution in [0.2, 0.25) is 0 Å². The minimum Gasteiger partial charge on any atom is -0.493 e. The van der Waals surface area contributed by atoms with Gasteiger partial charge < -0.3 is 10.1 Å². The Morgan fingerprint density at radius 2 is 1.95 bits per heavy atom. The summed E-state index contributed by atoms with van der Waals surface area (Å²) in [6, 6.07) is 10.2. The first-order valence-electron chi connectivity index (χ1n) is 6.95. The van der Waals surface area contributed by atoms with Crippen LogP contribution in [0.15, 0.2) is 42.7 Å². The largest absolute Gasteiger partial charge is 0.493 e. The highest BCUT2D eigenvalue weighted by atomic mass is 16.5. The molecule has 0 aromatic carbocycles. The Morgan fingerprint density at radius 3 is 2.70 bits per heavy atom. The van der Waals surface area contributed by atoms with Crippen LogP contribution in [0.4, 0.5) is 0 Å². The molecule has 0 saturated carbocycles. The second kappa shape index (κ2) is 7.60. The highest BCUT2D eigenvalue weighted by Gasteiger charge is 2.00. The molecular weight excluding hydrogens is 250 g/mol. The van der Waals surface area contributed by atoms with Gasteiger partial charge in [-0.15, -0.1) is 0 Å². The van der Waals surface area contributed by atoms with Crippen LogP contribution in [0.1, 0.15) is 25.2 Å². The number of hydrogen-bond donors (Lipinski definition) is 1. The number of ether oxygens (including phenoxy) is 1. The van der Waals surface area contributed by atoms with Gasteiger partial charge in [0.25, 0.3) is 0 Å². The maximum Gasteiger partial charge on any atom is 0.122 e. The monoisotopic (exact) mass is 271 g/mol. The topological polar surface area (TPSA) is 47.0 Å². The molecule has 0 aliphatic carbocycles. The Kier molecular flexibility index (Phi) is 5.50. The molecule has 20 heavy (non-hydrogen) atoms. The number of rotatable bonds is 7. The zero-order valence-electron chi connectivity index (χ0n) is 12.0. The molecule has 0 unspecified atom stereocenters. The van der Waals surface area contributed by atoms with Crippen molar-refractivity contribution in [3.8, 4) is 5.75 Å². The Balaban J connectivity index is 1.82. The van der Waals surface area contributed by atoms with Gasteiger partial charge in [-0.05, 0) is 18.2 Å². The first-order valence-corrected chi connectivity index (χ1v) is 6.95. The lowest BCUT2D eigenvalue weighted by Crippen LogP contribution is -2.22. The van der Waals surface area contributed by atoms with E-state index in [2.05, 4.69) is 29.1 Å². The number of nitrogens with zero attached hydrogens (tertiary/aromatic N) is 2. The third kappa shape index (κ3) is 4.97. The lowest BCUT2D eigenvalue weighted by atomic mass is 10.3. The fraction of sp³-hybridized carbons (Fsp3) is 0.375. The second-order valence-electron chi connectivity index (χ2n) is 4.94. The summed E-state index contributed by atoms with van der Waals surface area (Å²) in [7, 11) is 0. The molecule has 2 heterocycles. The first-order chi connectivity index (χ1) is 9.74. The zero-order valence-corrected chi connectivity index (χ0v) is 12.0. The minimum atomic E-state index is 0.450. The van der Waals surface area contributed by atoms with Crippen molar-refractivity contribution in [2.24, 2.45) is 0 Å². The van der Waals surface area contributed by atoms with Crippen molar-refractivity contribution in [2.45, 2.75) is 32.9 Å². The third-order valence-corrected chi connectivity index (χ3v) is 2.83. The standard InChI is InChI=1S/C16H21N3O/c1-13(2)19-12-15-11-16(6-9-18-15)20-10-7-14-5-3-4-8-17-14/h3-6,8-9,11,13,19H,7,10,12H2,1-2H3. The fourth-order valence-electron chi connectivity index (χ4n) is 1.77. The van der Waals surface area contributed by atoms with E-state index in [1.165, 1.54) is 0 Å². The van der Waals surface area contributed by atoms with E-state index in [1.807, 2.05) is 30.3 Å². The van der Waals surface area contributed by atoms with Crippen LogP contribution in [0.5, 0.6) is 5.75 Å². The van der Waals surface area contributed by atoms with Gasteiger partial charge in [-0.3, -0.25) is 9.97 Å². The van der Waals surface area contributed by atoms with Crippen molar-refractivity contribution >= 4 is 0 Å². The molecule has 0 fully saturated rings. The molecule has 0 saturated heterocycles. The summed E-state index contributed by atoms with van der Waals surface area (Å²) in [6.07, 6.45) is 4.40. The average molecular weight is 271 g/mol. The Hall–Kier alpha value is -1.94. The summed E-state index contributed by atoms with van der Waals surface area (Å²) < 4.78 is 5.75. The van der Waals surface area contributed by atoms with Gasteiger partial charge in [0.15, 0.2) is 0 Å². The van der Waals surface area contributed by atoms with Crippen molar-refractivity contribution in [1.82, 2.24) is 15.3 Å². The molecule has 0 radical (unpaired) electrons. The van der Waals surface area contributed by atoms with Gasteiger partial charge in [0.1, 0.15) is 5.75 Å². The SMILES string of the molecule is CC(C)NCc1cc(OCCc2ccccn2)ccn1.